The second-order valence-electron chi connectivity index (χ2n) is 5.85. The summed E-state index contributed by atoms with van der Waals surface area (Å²) >= 11 is 0. The topological polar surface area (TPSA) is 24.5 Å². The van der Waals surface area contributed by atoms with Gasteiger partial charge in [-0.05, 0) is 33.2 Å². The number of hydrogen-bond donors (Lipinski definition) is 1. The molecule has 1 saturated heterocycles. The van der Waals surface area contributed by atoms with Crippen LogP contribution in [0.1, 0.15) is 40.5 Å². The molecule has 3 nitrogen and oxygen atoms in total. The predicted octanol–water partition coefficient (Wildman–Crippen LogP) is 1.87. The molecule has 1 atom stereocenters. The van der Waals surface area contributed by atoms with Gasteiger partial charge in [-0.3, -0.25) is 4.90 Å². The molecule has 1 aliphatic heterocycles. The minimum atomic E-state index is 0.159. The van der Waals surface area contributed by atoms with E-state index < -0.39 is 0 Å². The zero-order chi connectivity index (χ0) is 12.2. The van der Waals surface area contributed by atoms with E-state index >= 15 is 0 Å². The first kappa shape index (κ1) is 13.9. The standard InChI is InChI=1S/C13H28N2O/c1-11(2)14-12-7-6-8-15(9-12)13(3,4)10-16-5/h11-12,14H,6-10H2,1-5H3. The van der Waals surface area contributed by atoms with E-state index in [1.54, 1.807) is 7.11 Å². The molecule has 1 unspecified atom stereocenters. The summed E-state index contributed by atoms with van der Waals surface area (Å²) in [7, 11) is 1.79. The fourth-order valence-electron chi connectivity index (χ4n) is 2.58. The highest BCUT2D eigenvalue weighted by atomic mass is 16.5. The van der Waals surface area contributed by atoms with Crippen LogP contribution in [0.3, 0.4) is 0 Å². The maximum atomic E-state index is 5.31. The van der Waals surface area contributed by atoms with E-state index in [1.165, 1.54) is 19.4 Å². The third kappa shape index (κ3) is 4.04. The van der Waals surface area contributed by atoms with Gasteiger partial charge in [-0.25, -0.2) is 0 Å². The van der Waals surface area contributed by atoms with E-state index in [0.717, 1.165) is 13.2 Å². The molecule has 1 heterocycles. The lowest BCUT2D eigenvalue weighted by Gasteiger charge is -2.43. The molecule has 16 heavy (non-hydrogen) atoms. The van der Waals surface area contributed by atoms with Crippen molar-refractivity contribution in [3.63, 3.8) is 0 Å². The summed E-state index contributed by atoms with van der Waals surface area (Å²) in [5.41, 5.74) is 0.159. The van der Waals surface area contributed by atoms with Gasteiger partial charge in [-0.15, -0.1) is 0 Å². The van der Waals surface area contributed by atoms with Crippen molar-refractivity contribution in [3.8, 4) is 0 Å². The molecular formula is C13H28N2O. The summed E-state index contributed by atoms with van der Waals surface area (Å²) in [6.45, 7) is 12.1. The molecule has 0 amide bonds. The van der Waals surface area contributed by atoms with Crippen molar-refractivity contribution in [2.24, 2.45) is 0 Å². The van der Waals surface area contributed by atoms with Gasteiger partial charge < -0.3 is 10.1 Å². The number of nitrogens with one attached hydrogen (secondary N) is 1. The van der Waals surface area contributed by atoms with Gasteiger partial charge in [0.2, 0.25) is 0 Å². The Balaban J connectivity index is 2.49. The van der Waals surface area contributed by atoms with E-state index in [1.807, 2.05) is 0 Å². The maximum absolute atomic E-state index is 5.31. The molecule has 3 heteroatoms. The molecule has 0 spiro atoms. The number of rotatable bonds is 5. The third-order valence-corrected chi connectivity index (χ3v) is 3.34. The van der Waals surface area contributed by atoms with Gasteiger partial charge in [-0.1, -0.05) is 13.8 Å². The summed E-state index contributed by atoms with van der Waals surface area (Å²) in [6.07, 6.45) is 2.59. The van der Waals surface area contributed by atoms with Gasteiger partial charge in [0.1, 0.15) is 0 Å². The highest BCUT2D eigenvalue weighted by Crippen LogP contribution is 2.21. The molecular weight excluding hydrogens is 200 g/mol. The molecule has 1 N–H and O–H groups in total. The van der Waals surface area contributed by atoms with Crippen molar-refractivity contribution < 1.29 is 4.74 Å². The maximum Gasteiger partial charge on any atom is 0.0641 e. The number of hydrogen-bond acceptors (Lipinski definition) is 3. The summed E-state index contributed by atoms with van der Waals surface area (Å²) in [5.74, 6) is 0. The van der Waals surface area contributed by atoms with Gasteiger partial charge in [0, 0.05) is 31.3 Å². The van der Waals surface area contributed by atoms with Gasteiger partial charge in [-0.2, -0.15) is 0 Å². The van der Waals surface area contributed by atoms with Crippen LogP contribution in [0.15, 0.2) is 0 Å². The average molecular weight is 228 g/mol. The zero-order valence-electron chi connectivity index (χ0n) is 11.5. The van der Waals surface area contributed by atoms with Crippen molar-refractivity contribution in [1.29, 1.82) is 0 Å². The summed E-state index contributed by atoms with van der Waals surface area (Å²) in [5, 5.41) is 3.64. The van der Waals surface area contributed by atoms with Crippen LogP contribution in [-0.4, -0.2) is 49.3 Å². The molecule has 0 saturated carbocycles. The lowest BCUT2D eigenvalue weighted by molar-refractivity contribution is 0.0129. The van der Waals surface area contributed by atoms with Crippen molar-refractivity contribution in [2.75, 3.05) is 26.8 Å². The van der Waals surface area contributed by atoms with Crippen molar-refractivity contribution >= 4 is 0 Å². The number of likely N-dealkylation sites (tertiary alicyclic amines) is 1. The molecule has 0 radical (unpaired) electrons. The first-order valence-corrected chi connectivity index (χ1v) is 6.46. The van der Waals surface area contributed by atoms with Crippen molar-refractivity contribution in [1.82, 2.24) is 10.2 Å². The van der Waals surface area contributed by atoms with Crippen LogP contribution < -0.4 is 5.32 Å². The number of nitrogens with zero attached hydrogens (tertiary/aromatic N) is 1. The average Bonchev–Trinajstić information content (AvgIpc) is 2.17. The monoisotopic (exact) mass is 228 g/mol. The Morgan fingerprint density at radius 3 is 2.69 bits per heavy atom. The van der Waals surface area contributed by atoms with E-state index in [4.69, 9.17) is 4.74 Å². The first-order valence-electron chi connectivity index (χ1n) is 6.46. The van der Waals surface area contributed by atoms with Crippen molar-refractivity contribution in [3.05, 3.63) is 0 Å². The van der Waals surface area contributed by atoms with Gasteiger partial charge in [0.05, 0.1) is 6.61 Å². The van der Waals surface area contributed by atoms with Gasteiger partial charge in [0.15, 0.2) is 0 Å². The Morgan fingerprint density at radius 2 is 2.12 bits per heavy atom. The molecule has 1 fully saturated rings. The normalized spacial score (nSPS) is 24.0. The highest BCUT2D eigenvalue weighted by Gasteiger charge is 2.31. The van der Waals surface area contributed by atoms with Gasteiger partial charge >= 0.3 is 0 Å². The van der Waals surface area contributed by atoms with E-state index in [9.17, 15) is 0 Å². The van der Waals surface area contributed by atoms with Crippen molar-refractivity contribution in [2.45, 2.75) is 58.2 Å². The largest absolute Gasteiger partial charge is 0.383 e. The second kappa shape index (κ2) is 5.99. The summed E-state index contributed by atoms with van der Waals surface area (Å²) in [6, 6.07) is 1.22. The molecule has 1 rings (SSSR count). The Kier molecular flexibility index (Phi) is 5.22. The van der Waals surface area contributed by atoms with Crippen LogP contribution in [0.2, 0.25) is 0 Å². The molecule has 0 bridgehead atoms. The van der Waals surface area contributed by atoms with E-state index in [-0.39, 0.29) is 5.54 Å². The predicted molar refractivity (Wildman–Crippen MR) is 68.8 cm³/mol. The quantitative estimate of drug-likeness (QED) is 0.777. The minimum absolute atomic E-state index is 0.159. The zero-order valence-corrected chi connectivity index (χ0v) is 11.5. The van der Waals surface area contributed by atoms with Crippen LogP contribution in [0.25, 0.3) is 0 Å². The van der Waals surface area contributed by atoms with Crippen LogP contribution in [-0.2, 0) is 4.74 Å². The summed E-state index contributed by atoms with van der Waals surface area (Å²) < 4.78 is 5.31. The number of methoxy groups -OCH3 is 1. The van der Waals surface area contributed by atoms with E-state index in [2.05, 4.69) is 37.9 Å². The Bertz CT molecular complexity index is 204. The molecule has 1 aliphatic rings. The SMILES string of the molecule is COCC(C)(C)N1CCCC(NC(C)C)C1. The third-order valence-electron chi connectivity index (χ3n) is 3.34. The van der Waals surface area contributed by atoms with Crippen LogP contribution in [0.5, 0.6) is 0 Å². The fourth-order valence-corrected chi connectivity index (χ4v) is 2.58. The fraction of sp³-hybridized carbons (Fsp3) is 1.00. The first-order chi connectivity index (χ1) is 7.45. The molecule has 96 valence electrons. The van der Waals surface area contributed by atoms with Crippen LogP contribution >= 0.6 is 0 Å². The highest BCUT2D eigenvalue weighted by molar-refractivity contribution is 4.88. The van der Waals surface area contributed by atoms with E-state index in [0.29, 0.717) is 12.1 Å². The molecule has 0 aromatic heterocycles. The molecule has 0 aromatic rings. The summed E-state index contributed by atoms with van der Waals surface area (Å²) in [4.78, 5) is 2.56. The lowest BCUT2D eigenvalue weighted by Crippen LogP contribution is -2.56. The minimum Gasteiger partial charge on any atom is -0.383 e. The number of ether oxygens (including phenoxy) is 1. The molecule has 0 aliphatic carbocycles. The Labute approximate surface area is 101 Å². The smallest absolute Gasteiger partial charge is 0.0641 e. The number of piperidine rings is 1. The molecule has 0 aromatic carbocycles. The van der Waals surface area contributed by atoms with Gasteiger partial charge in [0.25, 0.3) is 0 Å². The Morgan fingerprint density at radius 1 is 1.44 bits per heavy atom. The van der Waals surface area contributed by atoms with Crippen LogP contribution in [0, 0.1) is 0 Å². The Hall–Kier alpha value is -0.120. The van der Waals surface area contributed by atoms with Crippen LogP contribution in [0.4, 0.5) is 0 Å². The lowest BCUT2D eigenvalue weighted by atomic mass is 9.97. The second-order valence-corrected chi connectivity index (χ2v) is 5.85.